The van der Waals surface area contributed by atoms with E-state index in [2.05, 4.69) is 26.1 Å². The fourth-order valence-electron chi connectivity index (χ4n) is 2.14. The first-order valence-electron chi connectivity index (χ1n) is 8.01. The van der Waals surface area contributed by atoms with Crippen LogP contribution in [0.25, 0.3) is 0 Å². The van der Waals surface area contributed by atoms with Crippen LogP contribution < -0.4 is 5.32 Å². The molecule has 0 spiro atoms. The Labute approximate surface area is 119 Å². The van der Waals surface area contributed by atoms with Crippen molar-refractivity contribution in [1.29, 1.82) is 0 Å². The number of carbonyl (C=O) groups is 1. The summed E-state index contributed by atoms with van der Waals surface area (Å²) < 4.78 is 5.08. The fraction of sp³-hybridized carbons (Fsp3) is 0.938. The molecule has 0 saturated heterocycles. The van der Waals surface area contributed by atoms with Crippen LogP contribution >= 0.6 is 0 Å². The molecule has 0 rings (SSSR count). The van der Waals surface area contributed by atoms with Crippen molar-refractivity contribution in [3.63, 3.8) is 0 Å². The van der Waals surface area contributed by atoms with Gasteiger partial charge in [0.25, 0.3) is 0 Å². The molecule has 0 heterocycles. The standard InChI is InChI=1S/C16H33NO2/c1-5-11-15(16(18)19-6-2)17-13-10-8-7-9-12-14(3)4/h14-15,17H,5-13H2,1-4H3. The van der Waals surface area contributed by atoms with E-state index in [1.54, 1.807) is 0 Å². The van der Waals surface area contributed by atoms with Crippen LogP contribution in [0.1, 0.15) is 72.6 Å². The van der Waals surface area contributed by atoms with E-state index in [0.717, 1.165) is 31.7 Å². The number of hydrogen-bond acceptors (Lipinski definition) is 3. The highest BCUT2D eigenvalue weighted by Gasteiger charge is 2.17. The van der Waals surface area contributed by atoms with Crippen molar-refractivity contribution in [2.75, 3.05) is 13.2 Å². The Morgan fingerprint density at radius 2 is 1.74 bits per heavy atom. The van der Waals surface area contributed by atoms with Gasteiger partial charge in [-0.05, 0) is 32.2 Å². The van der Waals surface area contributed by atoms with Crippen LogP contribution in [0.3, 0.4) is 0 Å². The molecule has 1 N–H and O–H groups in total. The summed E-state index contributed by atoms with van der Waals surface area (Å²) in [6.07, 6.45) is 8.23. The van der Waals surface area contributed by atoms with Gasteiger partial charge in [0.05, 0.1) is 6.61 Å². The molecule has 1 atom stereocenters. The zero-order chi connectivity index (χ0) is 14.5. The molecule has 3 heteroatoms. The first-order valence-corrected chi connectivity index (χ1v) is 8.01. The van der Waals surface area contributed by atoms with E-state index in [-0.39, 0.29) is 12.0 Å². The topological polar surface area (TPSA) is 38.3 Å². The van der Waals surface area contributed by atoms with Crippen LogP contribution in [-0.4, -0.2) is 25.2 Å². The Morgan fingerprint density at radius 3 is 2.32 bits per heavy atom. The van der Waals surface area contributed by atoms with Gasteiger partial charge < -0.3 is 10.1 Å². The molecule has 0 aromatic rings. The summed E-state index contributed by atoms with van der Waals surface area (Å²) in [7, 11) is 0. The van der Waals surface area contributed by atoms with Crippen molar-refractivity contribution < 1.29 is 9.53 Å². The molecule has 114 valence electrons. The van der Waals surface area contributed by atoms with E-state index in [0.29, 0.717) is 6.61 Å². The predicted octanol–water partition coefficient (Wildman–Crippen LogP) is 3.91. The Balaban J connectivity index is 3.61. The van der Waals surface area contributed by atoms with Gasteiger partial charge in [-0.3, -0.25) is 4.79 Å². The molecule has 1 unspecified atom stereocenters. The second-order valence-corrected chi connectivity index (χ2v) is 5.64. The normalized spacial score (nSPS) is 12.7. The molecule has 0 radical (unpaired) electrons. The zero-order valence-corrected chi connectivity index (χ0v) is 13.3. The molecular weight excluding hydrogens is 238 g/mol. The van der Waals surface area contributed by atoms with Crippen LogP contribution in [0.5, 0.6) is 0 Å². The molecule has 0 aromatic carbocycles. The third-order valence-electron chi connectivity index (χ3n) is 3.25. The first kappa shape index (κ1) is 18.4. The van der Waals surface area contributed by atoms with Gasteiger partial charge in [-0.2, -0.15) is 0 Å². The molecule has 0 fully saturated rings. The summed E-state index contributed by atoms with van der Waals surface area (Å²) in [5.41, 5.74) is 0. The van der Waals surface area contributed by atoms with Crippen LogP contribution in [-0.2, 0) is 9.53 Å². The van der Waals surface area contributed by atoms with Crippen LogP contribution in [0, 0.1) is 5.92 Å². The van der Waals surface area contributed by atoms with Gasteiger partial charge in [-0.25, -0.2) is 0 Å². The number of rotatable bonds is 12. The molecule has 0 bridgehead atoms. The van der Waals surface area contributed by atoms with Crippen LogP contribution in [0.4, 0.5) is 0 Å². The van der Waals surface area contributed by atoms with Gasteiger partial charge in [-0.1, -0.05) is 52.9 Å². The quantitative estimate of drug-likeness (QED) is 0.432. The lowest BCUT2D eigenvalue weighted by Crippen LogP contribution is -2.38. The average Bonchev–Trinajstić information content (AvgIpc) is 2.36. The maximum Gasteiger partial charge on any atom is 0.323 e. The second kappa shape index (κ2) is 12.5. The molecule has 0 aliphatic carbocycles. The predicted molar refractivity (Wildman–Crippen MR) is 81.3 cm³/mol. The monoisotopic (exact) mass is 271 g/mol. The minimum atomic E-state index is -0.111. The lowest BCUT2D eigenvalue weighted by atomic mass is 10.0. The third-order valence-corrected chi connectivity index (χ3v) is 3.25. The maximum absolute atomic E-state index is 11.7. The van der Waals surface area contributed by atoms with Crippen molar-refractivity contribution >= 4 is 5.97 Å². The maximum atomic E-state index is 11.7. The minimum Gasteiger partial charge on any atom is -0.465 e. The summed E-state index contributed by atoms with van der Waals surface area (Å²) in [5, 5.41) is 3.33. The fourth-order valence-corrected chi connectivity index (χ4v) is 2.14. The van der Waals surface area contributed by atoms with E-state index >= 15 is 0 Å². The summed E-state index contributed by atoms with van der Waals surface area (Å²) in [6, 6.07) is -0.111. The summed E-state index contributed by atoms with van der Waals surface area (Å²) >= 11 is 0. The highest BCUT2D eigenvalue weighted by molar-refractivity contribution is 5.75. The Kier molecular flexibility index (Phi) is 12.1. The minimum absolute atomic E-state index is 0.0934. The molecule has 0 aliphatic rings. The Hall–Kier alpha value is -0.570. The van der Waals surface area contributed by atoms with Crippen molar-refractivity contribution in [2.24, 2.45) is 5.92 Å². The third kappa shape index (κ3) is 11.0. The zero-order valence-electron chi connectivity index (χ0n) is 13.3. The van der Waals surface area contributed by atoms with Gasteiger partial charge >= 0.3 is 5.97 Å². The Bertz CT molecular complexity index is 217. The lowest BCUT2D eigenvalue weighted by molar-refractivity contribution is -0.145. The van der Waals surface area contributed by atoms with Gasteiger partial charge in [0.1, 0.15) is 6.04 Å². The van der Waals surface area contributed by atoms with Crippen LogP contribution in [0.15, 0.2) is 0 Å². The second-order valence-electron chi connectivity index (χ2n) is 5.64. The number of carbonyl (C=O) groups excluding carboxylic acids is 1. The van der Waals surface area contributed by atoms with Gasteiger partial charge in [0.15, 0.2) is 0 Å². The largest absolute Gasteiger partial charge is 0.465 e. The van der Waals surface area contributed by atoms with Crippen molar-refractivity contribution in [3.05, 3.63) is 0 Å². The lowest BCUT2D eigenvalue weighted by Gasteiger charge is -2.16. The summed E-state index contributed by atoms with van der Waals surface area (Å²) in [5.74, 6) is 0.722. The van der Waals surface area contributed by atoms with E-state index in [1.165, 1.54) is 25.7 Å². The number of hydrogen-bond donors (Lipinski definition) is 1. The van der Waals surface area contributed by atoms with Crippen molar-refractivity contribution in [1.82, 2.24) is 5.32 Å². The van der Waals surface area contributed by atoms with Gasteiger partial charge in [-0.15, -0.1) is 0 Å². The molecule has 19 heavy (non-hydrogen) atoms. The highest BCUT2D eigenvalue weighted by atomic mass is 16.5. The van der Waals surface area contributed by atoms with E-state index in [4.69, 9.17) is 4.74 Å². The van der Waals surface area contributed by atoms with Gasteiger partial charge in [0, 0.05) is 0 Å². The number of ether oxygens (including phenoxy) is 1. The number of esters is 1. The molecule has 0 aromatic heterocycles. The van der Waals surface area contributed by atoms with E-state index in [1.807, 2.05) is 6.92 Å². The van der Waals surface area contributed by atoms with Crippen molar-refractivity contribution in [2.45, 2.75) is 78.7 Å². The number of unbranched alkanes of at least 4 members (excludes halogenated alkanes) is 3. The number of nitrogens with one attached hydrogen (secondary N) is 1. The van der Waals surface area contributed by atoms with E-state index < -0.39 is 0 Å². The van der Waals surface area contributed by atoms with Crippen molar-refractivity contribution in [3.8, 4) is 0 Å². The van der Waals surface area contributed by atoms with Gasteiger partial charge in [0.2, 0.25) is 0 Å². The SMILES string of the molecule is CCCC(NCCCCCCC(C)C)C(=O)OCC. The molecule has 3 nitrogen and oxygen atoms in total. The summed E-state index contributed by atoms with van der Waals surface area (Å²) in [6.45, 7) is 9.89. The molecule has 0 aliphatic heterocycles. The molecule has 0 amide bonds. The van der Waals surface area contributed by atoms with E-state index in [9.17, 15) is 4.79 Å². The molecular formula is C16H33NO2. The highest BCUT2D eigenvalue weighted by Crippen LogP contribution is 2.09. The smallest absolute Gasteiger partial charge is 0.323 e. The first-order chi connectivity index (χ1) is 9.11. The average molecular weight is 271 g/mol. The summed E-state index contributed by atoms with van der Waals surface area (Å²) in [4.78, 5) is 11.7. The molecule has 0 saturated carbocycles. The Morgan fingerprint density at radius 1 is 1.05 bits per heavy atom. The van der Waals surface area contributed by atoms with Crippen LogP contribution in [0.2, 0.25) is 0 Å².